The van der Waals surface area contributed by atoms with E-state index in [0.717, 1.165) is 103 Å². The smallest absolute Gasteiger partial charge is 0.149 e. The maximum Gasteiger partial charge on any atom is 0.149 e. The molecule has 0 unspecified atom stereocenters. The molecule has 7 aliphatic rings. The molecule has 9 atom stereocenters. The number of phenolic OH excluding ortho intramolecular Hbond substituents is 3. The number of aromatic hydroxyl groups is 3. The Labute approximate surface area is 439 Å². The Hall–Kier alpha value is -5.72. The predicted octanol–water partition coefficient (Wildman–Crippen LogP) is 9.69. The van der Waals surface area contributed by atoms with Crippen LogP contribution in [0.1, 0.15) is 124 Å². The van der Waals surface area contributed by atoms with Gasteiger partial charge in [0.25, 0.3) is 0 Å². The number of benzene rings is 5. The third-order valence-electron chi connectivity index (χ3n) is 18.1. The van der Waals surface area contributed by atoms with E-state index < -0.39 is 41.8 Å². The van der Waals surface area contributed by atoms with Gasteiger partial charge in [0.15, 0.2) is 0 Å². The monoisotopic (exact) mass is 1020 g/mol. The zero-order chi connectivity index (χ0) is 51.4. The van der Waals surface area contributed by atoms with Crippen LogP contribution in [0.15, 0.2) is 72.8 Å². The number of aliphatic hydroxyl groups is 2. The van der Waals surface area contributed by atoms with Crippen molar-refractivity contribution in [2.45, 2.75) is 139 Å². The largest absolute Gasteiger partial charge is 0.508 e. The van der Waals surface area contributed by atoms with Crippen molar-refractivity contribution in [3.05, 3.63) is 101 Å². The van der Waals surface area contributed by atoms with Crippen molar-refractivity contribution in [2.75, 3.05) is 40.1 Å². The van der Waals surface area contributed by atoms with E-state index in [0.29, 0.717) is 72.8 Å². The molecule has 4 aliphatic heterocycles. The second-order valence-electron chi connectivity index (χ2n) is 22.5. The average Bonchev–Trinajstić information content (AvgIpc) is 4.19. The first-order valence-electron chi connectivity index (χ1n) is 27.7. The van der Waals surface area contributed by atoms with Gasteiger partial charge < -0.3 is 54.0 Å². The number of methoxy groups -OCH3 is 1. The summed E-state index contributed by atoms with van der Waals surface area (Å²) in [4.78, 5) is 0. The minimum atomic E-state index is -1.07. The van der Waals surface area contributed by atoms with Crippen LogP contribution in [-0.2, 0) is 22.3 Å². The molecular weight excluding hydrogens is 949 g/mol. The third-order valence-corrected chi connectivity index (χ3v) is 18.1. The molecule has 3 saturated carbocycles. The third kappa shape index (κ3) is 9.23. The molecule has 4 fully saturated rings. The SMILES string of the molecule is CCc1cc(-c2cccc(O)c2)c(Cc2cc(OC3CCCC3)cc3c2OC[C@H]([C@@H]2[C@@H](CCCOC)Oc4c5cc(c6cc(O)ccc46)OCC#C[C@@H]4CNC6(CCCC6)N[C@@]46CC[C@@H](CO)[C@@H]6O[C@@H]52)[C@@H]3O)cc1O. The van der Waals surface area contributed by atoms with Crippen LogP contribution in [0, 0.1) is 35.5 Å². The van der Waals surface area contributed by atoms with Crippen LogP contribution >= 0.6 is 0 Å². The van der Waals surface area contributed by atoms with Gasteiger partial charge in [0.05, 0.1) is 48.1 Å². The first-order valence-corrected chi connectivity index (χ1v) is 27.7. The van der Waals surface area contributed by atoms with E-state index in [1.807, 2.05) is 55.5 Å². The van der Waals surface area contributed by atoms with E-state index in [-0.39, 0.29) is 60.7 Å². The molecule has 3 aliphatic carbocycles. The minimum absolute atomic E-state index is 0.0361. The maximum absolute atomic E-state index is 13.4. The van der Waals surface area contributed by atoms with E-state index in [1.54, 1.807) is 31.4 Å². The predicted molar refractivity (Wildman–Crippen MR) is 285 cm³/mol. The Kier molecular flexibility index (Phi) is 13.8. The highest BCUT2D eigenvalue weighted by Gasteiger charge is 2.61. The molecular formula is C62H72N2O11. The van der Waals surface area contributed by atoms with E-state index in [4.69, 9.17) is 28.4 Å². The number of aryl methyl sites for hydroxylation is 1. The van der Waals surface area contributed by atoms with Crippen molar-refractivity contribution in [3.8, 4) is 63.2 Å². The Morgan fingerprint density at radius 1 is 0.827 bits per heavy atom. The highest BCUT2D eigenvalue weighted by molar-refractivity contribution is 5.96. The summed E-state index contributed by atoms with van der Waals surface area (Å²) in [5.41, 5.74) is 4.67. The molecule has 13 nitrogen and oxygen atoms in total. The van der Waals surface area contributed by atoms with Gasteiger partial charge in [-0.05, 0) is 154 Å². The fourth-order valence-corrected chi connectivity index (χ4v) is 14.4. The second kappa shape index (κ2) is 20.7. The topological polar surface area (TPSA) is 181 Å². The van der Waals surface area contributed by atoms with Crippen molar-refractivity contribution >= 4 is 10.8 Å². The van der Waals surface area contributed by atoms with Crippen LogP contribution in [0.5, 0.6) is 40.2 Å². The van der Waals surface area contributed by atoms with Gasteiger partial charge in [-0.2, -0.15) is 0 Å². The molecule has 5 aromatic carbocycles. The van der Waals surface area contributed by atoms with Gasteiger partial charge in [-0.15, -0.1) is 0 Å². The van der Waals surface area contributed by atoms with E-state index in [2.05, 4.69) is 22.5 Å². The zero-order valence-corrected chi connectivity index (χ0v) is 43.2. The molecule has 1 saturated heterocycles. The van der Waals surface area contributed by atoms with Crippen molar-refractivity contribution in [1.82, 2.24) is 10.6 Å². The summed E-state index contributed by atoms with van der Waals surface area (Å²) in [7, 11) is 1.70. The lowest BCUT2D eigenvalue weighted by atomic mass is 9.71. The number of hydrogen-bond acceptors (Lipinski definition) is 13. The van der Waals surface area contributed by atoms with Crippen LogP contribution in [0.4, 0.5) is 0 Å². The Morgan fingerprint density at radius 3 is 2.47 bits per heavy atom. The normalized spacial score (nSPS) is 28.6. The van der Waals surface area contributed by atoms with Crippen molar-refractivity contribution in [1.29, 1.82) is 0 Å². The Balaban J connectivity index is 1.01. The quantitative estimate of drug-likeness (QED) is 0.0464. The van der Waals surface area contributed by atoms with Crippen LogP contribution in [0.25, 0.3) is 21.9 Å². The molecule has 12 rings (SSSR count). The molecule has 7 N–H and O–H groups in total. The molecule has 5 aromatic rings. The maximum atomic E-state index is 13.4. The highest BCUT2D eigenvalue weighted by atomic mass is 16.5. The van der Waals surface area contributed by atoms with Gasteiger partial charge in [0.2, 0.25) is 0 Å². The van der Waals surface area contributed by atoms with Crippen molar-refractivity contribution < 1.29 is 54.0 Å². The summed E-state index contributed by atoms with van der Waals surface area (Å²) in [5, 5.41) is 67.3. The lowest BCUT2D eigenvalue weighted by Crippen LogP contribution is -2.75. The molecule has 13 heteroatoms. The number of aliphatic hydroxyl groups excluding tert-OH is 2. The van der Waals surface area contributed by atoms with Crippen molar-refractivity contribution in [2.24, 2.45) is 23.7 Å². The van der Waals surface area contributed by atoms with Gasteiger partial charge in [-0.25, -0.2) is 0 Å². The van der Waals surface area contributed by atoms with Gasteiger partial charge in [-0.1, -0.05) is 43.7 Å². The summed E-state index contributed by atoms with van der Waals surface area (Å²) in [5.74, 6) is 8.45. The van der Waals surface area contributed by atoms with E-state index >= 15 is 0 Å². The minimum Gasteiger partial charge on any atom is -0.508 e. The number of phenols is 3. The molecule has 2 spiro atoms. The summed E-state index contributed by atoms with van der Waals surface area (Å²) in [6.07, 6.45) is 9.33. The lowest BCUT2D eigenvalue weighted by molar-refractivity contribution is -0.167. The molecule has 0 radical (unpaired) electrons. The van der Waals surface area contributed by atoms with E-state index in [1.165, 1.54) is 0 Å². The summed E-state index contributed by atoms with van der Waals surface area (Å²) >= 11 is 0. The number of nitrogens with one attached hydrogen (secondary N) is 2. The highest BCUT2D eigenvalue weighted by Crippen LogP contribution is 2.58. The molecule has 4 heterocycles. The number of rotatable bonds is 12. The first-order chi connectivity index (χ1) is 36.6. The zero-order valence-electron chi connectivity index (χ0n) is 43.2. The summed E-state index contributed by atoms with van der Waals surface area (Å²) < 4.78 is 41.6. The van der Waals surface area contributed by atoms with Gasteiger partial charge in [0.1, 0.15) is 53.0 Å². The number of fused-ring (bicyclic) bond motifs is 5. The molecule has 75 heavy (non-hydrogen) atoms. The molecule has 0 amide bonds. The molecule has 0 aromatic heterocycles. The van der Waals surface area contributed by atoms with Gasteiger partial charge >= 0.3 is 0 Å². The Bertz CT molecular complexity index is 2990. The van der Waals surface area contributed by atoms with Crippen LogP contribution in [-0.4, -0.2) is 95.1 Å². The van der Waals surface area contributed by atoms with Gasteiger partial charge in [0, 0.05) is 78.5 Å². The van der Waals surface area contributed by atoms with Crippen LogP contribution in [0.3, 0.4) is 0 Å². The lowest BCUT2D eigenvalue weighted by Gasteiger charge is -2.55. The number of hydrogen-bond donors (Lipinski definition) is 7. The standard InChI is InChI=1S/C62H72N2O11/c1-3-36-28-47(37-11-8-13-42(66)26-37)39(29-52(36)68)25-40-27-45(73-44-14-4-5-15-44)31-49-56(69)51(35-72-57(40)49)55-53(16-10-23-70-2)74-58-46-18-17-43(67)30-48(46)54-32-50(58)59(55)75-60-38(34-65)19-22-62(60)41(12-9-24-71-54)33-63-61(64-62)20-6-7-21-61/h8,11,13,17-18,26-32,38,41,44,51,53,55-56,59-60,63-69H,3-7,10,14-16,19-25,33-35H2,1-2H3/t38-,41+,51+,53+,55+,56+,59-,60-,62-/m0/s1. The first kappa shape index (κ1) is 50.1. The Morgan fingerprint density at radius 2 is 1.67 bits per heavy atom. The van der Waals surface area contributed by atoms with Crippen LogP contribution < -0.4 is 29.6 Å². The number of ether oxygens (including phenoxy) is 6. The molecule has 396 valence electrons. The second-order valence-corrected chi connectivity index (χ2v) is 22.5. The van der Waals surface area contributed by atoms with Crippen molar-refractivity contribution in [3.63, 3.8) is 0 Å². The fourth-order valence-electron chi connectivity index (χ4n) is 14.4. The summed E-state index contributed by atoms with van der Waals surface area (Å²) in [6.45, 7) is 3.38. The van der Waals surface area contributed by atoms with E-state index in [9.17, 15) is 25.5 Å². The molecule has 2 bridgehead atoms. The average molecular weight is 1020 g/mol. The fraction of sp³-hybridized carbons (Fsp3) is 0.516. The van der Waals surface area contributed by atoms with Gasteiger partial charge in [-0.3, -0.25) is 10.6 Å². The summed E-state index contributed by atoms with van der Waals surface area (Å²) in [6, 6.07) is 22.3. The van der Waals surface area contributed by atoms with Crippen LogP contribution in [0.2, 0.25) is 0 Å².